The number of oxazole rings is 1. The zero-order valence-corrected chi connectivity index (χ0v) is 15.6. The van der Waals surface area contributed by atoms with Crippen LogP contribution in [-0.2, 0) is 11.3 Å². The predicted molar refractivity (Wildman–Crippen MR) is 93.5 cm³/mol. The molecule has 0 aliphatic rings. The van der Waals surface area contributed by atoms with Crippen LogP contribution < -0.4 is 5.32 Å². The fraction of sp³-hybridized carbons (Fsp3) is 0.722. The van der Waals surface area contributed by atoms with E-state index >= 15 is 0 Å². The van der Waals surface area contributed by atoms with Crippen LogP contribution in [0.1, 0.15) is 70.3 Å². The second kappa shape index (κ2) is 10.1. The Hall–Kier alpha value is -1.85. The molecule has 1 rings (SSSR count). The van der Waals surface area contributed by atoms with Gasteiger partial charge in [-0.15, -0.1) is 0 Å². The molecule has 0 fully saturated rings. The molecule has 0 spiro atoms. The van der Waals surface area contributed by atoms with Crippen molar-refractivity contribution >= 4 is 11.8 Å². The Kier molecular flexibility index (Phi) is 8.50. The van der Waals surface area contributed by atoms with Crippen LogP contribution in [0.3, 0.4) is 0 Å². The quantitative estimate of drug-likeness (QED) is 0.711. The molecular formula is C18H31N3O3. The van der Waals surface area contributed by atoms with E-state index in [1.165, 1.54) is 6.26 Å². The monoisotopic (exact) mass is 337 g/mol. The molecule has 6 heteroatoms. The van der Waals surface area contributed by atoms with E-state index < -0.39 is 0 Å². The van der Waals surface area contributed by atoms with Crippen molar-refractivity contribution in [3.8, 4) is 0 Å². The van der Waals surface area contributed by atoms with Gasteiger partial charge in [0.2, 0.25) is 11.8 Å². The van der Waals surface area contributed by atoms with Gasteiger partial charge in [0, 0.05) is 19.5 Å². The highest BCUT2D eigenvalue weighted by Gasteiger charge is 2.17. The zero-order valence-electron chi connectivity index (χ0n) is 15.6. The molecule has 1 heterocycles. The highest BCUT2D eigenvalue weighted by molar-refractivity contribution is 5.91. The van der Waals surface area contributed by atoms with E-state index in [0.717, 1.165) is 12.8 Å². The topological polar surface area (TPSA) is 75.4 Å². The smallest absolute Gasteiger partial charge is 0.273 e. The van der Waals surface area contributed by atoms with Gasteiger partial charge in [0.05, 0.1) is 6.54 Å². The van der Waals surface area contributed by atoms with Gasteiger partial charge in [0.1, 0.15) is 6.26 Å². The second-order valence-electron chi connectivity index (χ2n) is 6.92. The van der Waals surface area contributed by atoms with Gasteiger partial charge < -0.3 is 14.6 Å². The summed E-state index contributed by atoms with van der Waals surface area (Å²) in [5.41, 5.74) is 0.265. The van der Waals surface area contributed by atoms with E-state index in [-0.39, 0.29) is 17.5 Å². The third kappa shape index (κ3) is 7.15. The first-order valence-electron chi connectivity index (χ1n) is 8.83. The van der Waals surface area contributed by atoms with Crippen molar-refractivity contribution in [2.45, 2.75) is 60.4 Å². The summed E-state index contributed by atoms with van der Waals surface area (Å²) in [5, 5.41) is 2.83. The van der Waals surface area contributed by atoms with Gasteiger partial charge in [-0.2, -0.15) is 0 Å². The number of amides is 2. The largest absolute Gasteiger partial charge is 0.446 e. The molecular weight excluding hydrogens is 306 g/mol. The van der Waals surface area contributed by atoms with Crippen molar-refractivity contribution in [3.63, 3.8) is 0 Å². The Labute approximate surface area is 145 Å². The molecule has 24 heavy (non-hydrogen) atoms. The van der Waals surface area contributed by atoms with Gasteiger partial charge in [0.25, 0.3) is 5.91 Å². The van der Waals surface area contributed by atoms with E-state index in [4.69, 9.17) is 4.42 Å². The molecule has 0 radical (unpaired) electrons. The molecule has 0 atom stereocenters. The minimum absolute atomic E-state index is 0.0665. The van der Waals surface area contributed by atoms with E-state index in [9.17, 15) is 9.59 Å². The first-order chi connectivity index (χ1) is 11.3. The number of carbonyl (C=O) groups excluding carboxylic acids is 2. The van der Waals surface area contributed by atoms with Gasteiger partial charge in [-0.25, -0.2) is 4.98 Å². The average Bonchev–Trinajstić information content (AvgIpc) is 2.98. The van der Waals surface area contributed by atoms with Gasteiger partial charge >= 0.3 is 0 Å². The number of hydrogen-bond acceptors (Lipinski definition) is 4. The first kappa shape index (κ1) is 20.2. The number of aromatic nitrogens is 1. The van der Waals surface area contributed by atoms with Gasteiger partial charge in [-0.05, 0) is 24.7 Å². The lowest BCUT2D eigenvalue weighted by atomic mass is 10.1. The molecule has 6 nitrogen and oxygen atoms in total. The lowest BCUT2D eigenvalue weighted by Gasteiger charge is -2.21. The molecule has 1 aromatic rings. The Balaban J connectivity index is 2.61. The summed E-state index contributed by atoms with van der Waals surface area (Å²) >= 11 is 0. The summed E-state index contributed by atoms with van der Waals surface area (Å²) in [7, 11) is 0. The van der Waals surface area contributed by atoms with Crippen molar-refractivity contribution in [1.82, 2.24) is 15.2 Å². The normalized spacial score (nSPS) is 11.1. The van der Waals surface area contributed by atoms with E-state index in [1.54, 1.807) is 4.90 Å². The molecule has 0 aliphatic heterocycles. The molecule has 1 aromatic heterocycles. The molecule has 0 bridgehead atoms. The van der Waals surface area contributed by atoms with E-state index in [2.05, 4.69) is 38.0 Å². The molecule has 136 valence electrons. The fourth-order valence-corrected chi connectivity index (χ4v) is 2.15. The molecule has 0 unspecified atom stereocenters. The average molecular weight is 337 g/mol. The maximum absolute atomic E-state index is 12.1. The lowest BCUT2D eigenvalue weighted by molar-refractivity contribution is -0.132. The summed E-state index contributed by atoms with van der Waals surface area (Å²) in [6, 6.07) is 0. The van der Waals surface area contributed by atoms with Crippen molar-refractivity contribution in [1.29, 1.82) is 0 Å². The number of rotatable bonds is 10. The van der Waals surface area contributed by atoms with Crippen molar-refractivity contribution in [2.75, 3.05) is 13.1 Å². The number of nitrogens with one attached hydrogen (secondary N) is 1. The second-order valence-corrected chi connectivity index (χ2v) is 6.92. The highest BCUT2D eigenvalue weighted by Crippen LogP contribution is 2.10. The maximum atomic E-state index is 12.1. The third-order valence-corrected chi connectivity index (χ3v) is 3.75. The summed E-state index contributed by atoms with van der Waals surface area (Å²) in [6.45, 7) is 11.9. The van der Waals surface area contributed by atoms with Crippen LogP contribution in [0.2, 0.25) is 0 Å². The minimum Gasteiger partial charge on any atom is -0.446 e. The zero-order chi connectivity index (χ0) is 18.1. The number of hydrogen-bond donors (Lipinski definition) is 1. The first-order valence-corrected chi connectivity index (χ1v) is 8.83. The van der Waals surface area contributed by atoms with Crippen LogP contribution >= 0.6 is 0 Å². The van der Waals surface area contributed by atoms with Crippen LogP contribution in [0.15, 0.2) is 10.7 Å². The number of nitrogens with zero attached hydrogens (tertiary/aromatic N) is 2. The summed E-state index contributed by atoms with van der Waals surface area (Å²) in [6.07, 6.45) is 3.65. The molecule has 2 amide bonds. The number of carbonyl (C=O) groups is 2. The van der Waals surface area contributed by atoms with Crippen LogP contribution in [0.4, 0.5) is 0 Å². The Bertz CT molecular complexity index is 523. The Morgan fingerprint density at radius 2 is 1.88 bits per heavy atom. The molecule has 0 aliphatic carbocycles. The summed E-state index contributed by atoms with van der Waals surface area (Å²) in [5.74, 6) is 1.28. The minimum atomic E-state index is -0.235. The van der Waals surface area contributed by atoms with Gasteiger partial charge in [0.15, 0.2) is 5.69 Å². The van der Waals surface area contributed by atoms with Gasteiger partial charge in [-0.3, -0.25) is 9.59 Å². The summed E-state index contributed by atoms with van der Waals surface area (Å²) in [4.78, 5) is 30.0. The fourth-order valence-electron chi connectivity index (χ4n) is 2.15. The predicted octanol–water partition coefficient (Wildman–Crippen LogP) is 3.24. The Morgan fingerprint density at radius 1 is 1.21 bits per heavy atom. The van der Waals surface area contributed by atoms with Crippen molar-refractivity contribution < 1.29 is 14.0 Å². The SMILES string of the molecule is CCC(=O)N(CCC(C)C)Cc1nc(C(=O)NCCC(C)C)co1. The van der Waals surface area contributed by atoms with Crippen LogP contribution in [-0.4, -0.2) is 34.8 Å². The van der Waals surface area contributed by atoms with Crippen LogP contribution in [0.25, 0.3) is 0 Å². The molecule has 1 N–H and O–H groups in total. The third-order valence-electron chi connectivity index (χ3n) is 3.75. The molecule has 0 saturated heterocycles. The highest BCUT2D eigenvalue weighted by atomic mass is 16.3. The Morgan fingerprint density at radius 3 is 2.46 bits per heavy atom. The van der Waals surface area contributed by atoms with Crippen LogP contribution in [0.5, 0.6) is 0 Å². The standard InChI is InChI=1S/C18H31N3O3/c1-6-17(22)21(10-8-14(4)5)11-16-20-15(12-24-16)18(23)19-9-7-13(2)3/h12-14H,6-11H2,1-5H3,(H,19,23). The molecule has 0 saturated carbocycles. The lowest BCUT2D eigenvalue weighted by Crippen LogP contribution is -2.31. The van der Waals surface area contributed by atoms with Crippen LogP contribution in [0, 0.1) is 11.8 Å². The van der Waals surface area contributed by atoms with E-state index in [0.29, 0.717) is 43.8 Å². The molecule has 0 aromatic carbocycles. The van der Waals surface area contributed by atoms with Gasteiger partial charge in [-0.1, -0.05) is 34.6 Å². The summed E-state index contributed by atoms with van der Waals surface area (Å²) < 4.78 is 5.38. The maximum Gasteiger partial charge on any atom is 0.273 e. The van der Waals surface area contributed by atoms with E-state index in [1.807, 2.05) is 6.92 Å². The van der Waals surface area contributed by atoms with Crippen molar-refractivity contribution in [3.05, 3.63) is 17.8 Å². The van der Waals surface area contributed by atoms with Crippen molar-refractivity contribution in [2.24, 2.45) is 11.8 Å².